The number of aliphatic carboxylic acids is 1. The van der Waals surface area contributed by atoms with Gasteiger partial charge in [-0.05, 0) is 6.07 Å². The minimum absolute atomic E-state index is 0.296. The van der Waals surface area contributed by atoms with Crippen LogP contribution in [0.4, 0.5) is 5.69 Å². The molecule has 1 rings (SSSR count). The zero-order valence-electron chi connectivity index (χ0n) is 6.57. The quantitative estimate of drug-likeness (QED) is 0.516. The number of nitrogens with one attached hydrogen (secondary N) is 1. The summed E-state index contributed by atoms with van der Waals surface area (Å²) in [6.07, 6.45) is 0. The van der Waals surface area contributed by atoms with Crippen molar-refractivity contribution in [2.24, 2.45) is 0 Å². The van der Waals surface area contributed by atoms with Gasteiger partial charge in [0.15, 0.2) is 5.38 Å². The van der Waals surface area contributed by atoms with E-state index in [1.807, 2.05) is 5.48 Å². The molecule has 0 fully saturated rings. The molecule has 0 bridgehead atoms. The number of alkyl halides is 1. The first kappa shape index (κ1) is 9.83. The Labute approximate surface area is 79.7 Å². The maximum atomic E-state index is 10.5. The highest BCUT2D eigenvalue weighted by molar-refractivity contribution is 6.30. The van der Waals surface area contributed by atoms with Crippen LogP contribution in [0.1, 0.15) is 10.9 Å². The topological polar surface area (TPSA) is 69.6 Å². The summed E-state index contributed by atoms with van der Waals surface area (Å²) in [5, 5.41) is 16.1. The second kappa shape index (κ2) is 4.11. The van der Waals surface area contributed by atoms with Gasteiger partial charge in [0.05, 0.1) is 5.69 Å². The summed E-state index contributed by atoms with van der Waals surface area (Å²) in [6, 6.07) is 6.37. The lowest BCUT2D eigenvalue weighted by atomic mass is 10.1. The van der Waals surface area contributed by atoms with E-state index >= 15 is 0 Å². The number of hydrogen-bond acceptors (Lipinski definition) is 3. The molecule has 13 heavy (non-hydrogen) atoms. The lowest BCUT2D eigenvalue weighted by molar-refractivity contribution is -0.136. The molecule has 3 N–H and O–H groups in total. The maximum Gasteiger partial charge on any atom is 0.326 e. The molecule has 0 saturated carbocycles. The van der Waals surface area contributed by atoms with E-state index < -0.39 is 11.3 Å². The summed E-state index contributed by atoms with van der Waals surface area (Å²) >= 11 is 5.57. The molecule has 0 aromatic heterocycles. The van der Waals surface area contributed by atoms with E-state index in [2.05, 4.69) is 0 Å². The molecule has 0 heterocycles. The van der Waals surface area contributed by atoms with Crippen LogP contribution >= 0.6 is 11.6 Å². The molecule has 70 valence electrons. The van der Waals surface area contributed by atoms with Gasteiger partial charge in [0.25, 0.3) is 0 Å². The van der Waals surface area contributed by atoms with Gasteiger partial charge in [-0.15, -0.1) is 11.6 Å². The SMILES string of the molecule is O=C(O)C(Cl)c1ccccc1NO. The van der Waals surface area contributed by atoms with Gasteiger partial charge >= 0.3 is 5.97 Å². The number of carbonyl (C=O) groups is 1. The fourth-order valence-electron chi connectivity index (χ4n) is 0.953. The Morgan fingerprint density at radius 2 is 2.08 bits per heavy atom. The third-order valence-corrected chi connectivity index (χ3v) is 1.99. The number of carboxylic acids is 1. The molecule has 1 atom stereocenters. The Balaban J connectivity index is 3.05. The van der Waals surface area contributed by atoms with E-state index in [1.165, 1.54) is 12.1 Å². The fraction of sp³-hybridized carbons (Fsp3) is 0.125. The van der Waals surface area contributed by atoms with E-state index in [1.54, 1.807) is 12.1 Å². The minimum atomic E-state index is -1.16. The van der Waals surface area contributed by atoms with E-state index in [9.17, 15) is 4.79 Å². The highest BCUT2D eigenvalue weighted by atomic mass is 35.5. The van der Waals surface area contributed by atoms with E-state index in [4.69, 9.17) is 21.9 Å². The standard InChI is InChI=1S/C8H8ClNO3/c9-7(8(11)12)5-3-1-2-4-6(5)10-13/h1-4,7,10,13H,(H,11,12). The highest BCUT2D eigenvalue weighted by Gasteiger charge is 2.18. The first-order valence-corrected chi connectivity index (χ1v) is 3.96. The summed E-state index contributed by atoms with van der Waals surface area (Å²) < 4.78 is 0. The Kier molecular flexibility index (Phi) is 3.11. The number of rotatable bonds is 3. The second-order valence-electron chi connectivity index (χ2n) is 2.40. The second-order valence-corrected chi connectivity index (χ2v) is 2.84. The van der Waals surface area contributed by atoms with Crippen LogP contribution in [-0.2, 0) is 4.79 Å². The van der Waals surface area contributed by atoms with E-state index in [-0.39, 0.29) is 0 Å². The summed E-state index contributed by atoms with van der Waals surface area (Å²) in [5.41, 5.74) is 2.51. The third kappa shape index (κ3) is 2.11. The number of anilines is 1. The van der Waals surface area contributed by atoms with Crippen molar-refractivity contribution in [2.75, 3.05) is 5.48 Å². The molecule has 4 nitrogen and oxygen atoms in total. The molecule has 0 spiro atoms. The minimum Gasteiger partial charge on any atom is -0.480 e. The Bertz CT molecular complexity index is 316. The Morgan fingerprint density at radius 1 is 1.46 bits per heavy atom. The van der Waals surface area contributed by atoms with Gasteiger partial charge in [0, 0.05) is 5.56 Å². The molecule has 0 saturated heterocycles. The molecular formula is C8H8ClNO3. The van der Waals surface area contributed by atoms with Crippen LogP contribution in [0.5, 0.6) is 0 Å². The monoisotopic (exact) mass is 201 g/mol. The highest BCUT2D eigenvalue weighted by Crippen LogP contribution is 2.27. The van der Waals surface area contributed by atoms with Crippen LogP contribution in [0.3, 0.4) is 0 Å². The Hall–Kier alpha value is -1.26. The van der Waals surface area contributed by atoms with Crippen LogP contribution < -0.4 is 5.48 Å². The summed E-state index contributed by atoms with van der Waals surface area (Å²) in [4.78, 5) is 10.5. The number of para-hydroxylation sites is 1. The molecular weight excluding hydrogens is 194 g/mol. The summed E-state index contributed by atoms with van der Waals surface area (Å²) in [5.74, 6) is -1.15. The van der Waals surface area contributed by atoms with Crippen LogP contribution in [0, 0.1) is 0 Å². The zero-order chi connectivity index (χ0) is 9.84. The van der Waals surface area contributed by atoms with Gasteiger partial charge in [0.1, 0.15) is 0 Å². The normalized spacial score (nSPS) is 12.2. The van der Waals surface area contributed by atoms with Crippen molar-refractivity contribution in [1.82, 2.24) is 0 Å². The molecule has 1 aromatic carbocycles. The van der Waals surface area contributed by atoms with Crippen molar-refractivity contribution in [2.45, 2.75) is 5.38 Å². The molecule has 0 aliphatic carbocycles. The average molecular weight is 202 g/mol. The molecule has 1 aromatic rings. The van der Waals surface area contributed by atoms with Crippen molar-refractivity contribution in [1.29, 1.82) is 0 Å². The zero-order valence-corrected chi connectivity index (χ0v) is 7.32. The van der Waals surface area contributed by atoms with Crippen LogP contribution in [0.25, 0.3) is 0 Å². The van der Waals surface area contributed by atoms with E-state index in [0.717, 1.165) is 0 Å². The predicted molar refractivity (Wildman–Crippen MR) is 48.1 cm³/mol. The summed E-state index contributed by atoms with van der Waals surface area (Å²) in [6.45, 7) is 0. The fourth-order valence-corrected chi connectivity index (χ4v) is 1.14. The van der Waals surface area contributed by atoms with Gasteiger partial charge < -0.3 is 5.11 Å². The first-order valence-electron chi connectivity index (χ1n) is 3.52. The molecule has 0 amide bonds. The molecule has 0 radical (unpaired) electrons. The third-order valence-electron chi connectivity index (χ3n) is 1.57. The van der Waals surface area contributed by atoms with Gasteiger partial charge in [-0.3, -0.25) is 15.5 Å². The van der Waals surface area contributed by atoms with Gasteiger partial charge in [-0.1, -0.05) is 18.2 Å². The maximum absolute atomic E-state index is 10.5. The van der Waals surface area contributed by atoms with Crippen molar-refractivity contribution >= 4 is 23.3 Å². The number of carboxylic acid groups (broad SMARTS) is 1. The number of hydrogen-bond donors (Lipinski definition) is 3. The van der Waals surface area contributed by atoms with Gasteiger partial charge in [-0.25, -0.2) is 0 Å². The summed E-state index contributed by atoms with van der Waals surface area (Å²) in [7, 11) is 0. The Morgan fingerprint density at radius 3 is 2.62 bits per heavy atom. The molecule has 0 aliphatic rings. The van der Waals surface area contributed by atoms with Gasteiger partial charge in [0.2, 0.25) is 0 Å². The van der Waals surface area contributed by atoms with Gasteiger partial charge in [-0.2, -0.15) is 0 Å². The number of benzene rings is 1. The molecule has 5 heteroatoms. The lowest BCUT2D eigenvalue weighted by Crippen LogP contribution is -2.07. The first-order chi connectivity index (χ1) is 6.16. The van der Waals surface area contributed by atoms with Crippen molar-refractivity contribution in [3.8, 4) is 0 Å². The predicted octanol–water partition coefficient (Wildman–Crippen LogP) is 1.85. The van der Waals surface area contributed by atoms with E-state index in [0.29, 0.717) is 11.3 Å². The largest absolute Gasteiger partial charge is 0.480 e. The number of halogens is 1. The lowest BCUT2D eigenvalue weighted by Gasteiger charge is -2.09. The smallest absolute Gasteiger partial charge is 0.326 e. The molecule has 0 aliphatic heterocycles. The average Bonchev–Trinajstić information content (AvgIpc) is 2.16. The van der Waals surface area contributed by atoms with Crippen LogP contribution in [0.2, 0.25) is 0 Å². The van der Waals surface area contributed by atoms with Crippen molar-refractivity contribution < 1.29 is 15.1 Å². The van der Waals surface area contributed by atoms with Crippen LogP contribution in [0.15, 0.2) is 24.3 Å². The molecule has 1 unspecified atom stereocenters. The van der Waals surface area contributed by atoms with Crippen molar-refractivity contribution in [3.63, 3.8) is 0 Å². The van der Waals surface area contributed by atoms with Crippen molar-refractivity contribution in [3.05, 3.63) is 29.8 Å². The van der Waals surface area contributed by atoms with Crippen LogP contribution in [-0.4, -0.2) is 16.3 Å².